The van der Waals surface area contributed by atoms with E-state index >= 15 is 0 Å². The van der Waals surface area contributed by atoms with Gasteiger partial charge in [-0.15, -0.1) is 0 Å². The molecule has 1 aromatic heterocycles. The van der Waals surface area contributed by atoms with E-state index in [1.54, 1.807) is 30.3 Å². The van der Waals surface area contributed by atoms with Gasteiger partial charge in [0.2, 0.25) is 0 Å². The lowest BCUT2D eigenvalue weighted by Gasteiger charge is -2.05. The Balaban J connectivity index is 2.26. The Morgan fingerprint density at radius 3 is 2.89 bits per heavy atom. The van der Waals surface area contributed by atoms with Crippen LogP contribution in [0.4, 0.5) is 5.69 Å². The Morgan fingerprint density at radius 2 is 2.21 bits per heavy atom. The van der Waals surface area contributed by atoms with Gasteiger partial charge in [0, 0.05) is 16.7 Å². The number of benzene rings is 1. The fraction of sp³-hybridized carbons (Fsp3) is 0.0769. The van der Waals surface area contributed by atoms with Gasteiger partial charge >= 0.3 is 0 Å². The molecule has 0 aliphatic rings. The Labute approximate surface area is 118 Å². The number of nitrogens with two attached hydrogens (primary N) is 1. The van der Waals surface area contributed by atoms with Crippen molar-refractivity contribution in [3.05, 3.63) is 52.8 Å². The summed E-state index contributed by atoms with van der Waals surface area (Å²) in [4.78, 5) is 4.51. The van der Waals surface area contributed by atoms with Crippen molar-refractivity contribution in [3.63, 3.8) is 0 Å². The van der Waals surface area contributed by atoms with Crippen LogP contribution in [0, 0.1) is 11.3 Å². The molecule has 0 aliphatic heterocycles. The van der Waals surface area contributed by atoms with Crippen molar-refractivity contribution >= 4 is 28.1 Å². The number of anilines is 1. The van der Waals surface area contributed by atoms with Gasteiger partial charge in [0.05, 0.1) is 27.3 Å². The lowest BCUT2D eigenvalue weighted by Crippen LogP contribution is -2.00. The summed E-state index contributed by atoms with van der Waals surface area (Å²) < 4.78 is 12.2. The van der Waals surface area contributed by atoms with Gasteiger partial charge in [0.1, 0.15) is 11.8 Å². The van der Waals surface area contributed by atoms with Crippen molar-refractivity contribution in [2.24, 2.45) is 0 Å². The first-order valence-electron chi connectivity index (χ1n) is 5.39. The van der Waals surface area contributed by atoms with Crippen LogP contribution in [0.5, 0.6) is 0 Å². The van der Waals surface area contributed by atoms with E-state index < -0.39 is 10.8 Å². The van der Waals surface area contributed by atoms with Gasteiger partial charge < -0.3 is 5.73 Å². The zero-order chi connectivity index (χ0) is 13.8. The minimum Gasteiger partial charge on any atom is -0.398 e. The summed E-state index contributed by atoms with van der Waals surface area (Å²) in [5.74, 6) is 0.219. The van der Waals surface area contributed by atoms with Crippen molar-refractivity contribution in [2.45, 2.75) is 10.6 Å². The lowest BCUT2D eigenvalue weighted by molar-refractivity contribution is 0.682. The van der Waals surface area contributed by atoms with Crippen molar-refractivity contribution in [2.75, 3.05) is 5.73 Å². The number of nitrogens with zero attached hydrogens (tertiary/aromatic N) is 2. The second kappa shape index (κ2) is 5.83. The Hall–Kier alpha value is -1.90. The number of rotatable bonds is 3. The molecule has 0 saturated heterocycles. The van der Waals surface area contributed by atoms with Crippen molar-refractivity contribution in [1.82, 2.24) is 4.98 Å². The maximum absolute atomic E-state index is 12.2. The predicted molar refractivity (Wildman–Crippen MR) is 74.9 cm³/mol. The van der Waals surface area contributed by atoms with Crippen LogP contribution < -0.4 is 5.73 Å². The molecule has 2 rings (SSSR count). The summed E-state index contributed by atoms with van der Waals surface area (Å²) in [5, 5.41) is 9.31. The molecule has 0 spiro atoms. The van der Waals surface area contributed by atoms with Gasteiger partial charge in [-0.05, 0) is 24.3 Å². The van der Waals surface area contributed by atoms with E-state index in [9.17, 15) is 4.21 Å². The molecule has 0 saturated carbocycles. The summed E-state index contributed by atoms with van der Waals surface area (Å²) in [6.07, 6.45) is 1.53. The first-order chi connectivity index (χ1) is 9.11. The van der Waals surface area contributed by atoms with E-state index in [1.165, 1.54) is 6.20 Å². The molecular weight excluding hydrogens is 282 g/mol. The monoisotopic (exact) mass is 291 g/mol. The molecule has 6 heteroatoms. The van der Waals surface area contributed by atoms with Gasteiger partial charge in [-0.1, -0.05) is 17.7 Å². The van der Waals surface area contributed by atoms with Gasteiger partial charge in [0.25, 0.3) is 0 Å². The van der Waals surface area contributed by atoms with Crippen LogP contribution in [-0.2, 0) is 16.6 Å². The molecule has 96 valence electrons. The summed E-state index contributed by atoms with van der Waals surface area (Å²) in [5.41, 5.74) is 6.99. The summed E-state index contributed by atoms with van der Waals surface area (Å²) in [6, 6.07) is 10.3. The van der Waals surface area contributed by atoms with Gasteiger partial charge in [-0.3, -0.25) is 4.21 Å². The molecule has 1 aromatic carbocycles. The van der Waals surface area contributed by atoms with Crippen LogP contribution in [-0.4, -0.2) is 9.19 Å². The number of nitriles is 1. The summed E-state index contributed by atoms with van der Waals surface area (Å²) >= 11 is 5.90. The van der Waals surface area contributed by atoms with Crippen LogP contribution in [0.15, 0.2) is 41.4 Å². The second-order valence-electron chi connectivity index (χ2n) is 3.80. The SMILES string of the molecule is N#Cc1ncccc1CS(=O)c1ccc(N)c(Cl)c1. The highest BCUT2D eigenvalue weighted by atomic mass is 35.5. The quantitative estimate of drug-likeness (QED) is 0.881. The highest BCUT2D eigenvalue weighted by Crippen LogP contribution is 2.23. The highest BCUT2D eigenvalue weighted by molar-refractivity contribution is 7.84. The van der Waals surface area contributed by atoms with Crippen LogP contribution in [0.25, 0.3) is 0 Å². The smallest absolute Gasteiger partial charge is 0.144 e. The molecule has 0 amide bonds. The molecule has 2 N–H and O–H groups in total. The molecule has 0 aliphatic carbocycles. The summed E-state index contributed by atoms with van der Waals surface area (Å²) in [6.45, 7) is 0. The van der Waals surface area contributed by atoms with E-state index in [1.807, 2.05) is 6.07 Å². The number of aromatic nitrogens is 1. The molecule has 0 fully saturated rings. The van der Waals surface area contributed by atoms with Gasteiger partial charge in [0.15, 0.2) is 0 Å². The van der Waals surface area contributed by atoms with E-state index in [-0.39, 0.29) is 11.4 Å². The van der Waals surface area contributed by atoms with E-state index in [4.69, 9.17) is 22.6 Å². The number of pyridine rings is 1. The molecule has 4 nitrogen and oxygen atoms in total. The van der Waals surface area contributed by atoms with Crippen LogP contribution >= 0.6 is 11.6 Å². The minimum absolute atomic E-state index is 0.219. The van der Waals surface area contributed by atoms with Gasteiger partial charge in [-0.25, -0.2) is 4.98 Å². The van der Waals surface area contributed by atoms with Crippen LogP contribution in [0.2, 0.25) is 5.02 Å². The third-order valence-electron chi connectivity index (χ3n) is 2.52. The van der Waals surface area contributed by atoms with E-state index in [0.29, 0.717) is 21.2 Å². The Morgan fingerprint density at radius 1 is 1.42 bits per heavy atom. The zero-order valence-electron chi connectivity index (χ0n) is 9.84. The Kier molecular flexibility index (Phi) is 4.15. The average molecular weight is 292 g/mol. The normalized spacial score (nSPS) is 11.8. The third-order valence-corrected chi connectivity index (χ3v) is 4.20. The zero-order valence-corrected chi connectivity index (χ0v) is 11.4. The molecule has 1 unspecified atom stereocenters. The first kappa shape index (κ1) is 13.5. The summed E-state index contributed by atoms with van der Waals surface area (Å²) in [7, 11) is -1.30. The largest absolute Gasteiger partial charge is 0.398 e. The van der Waals surface area contributed by atoms with Crippen molar-refractivity contribution in [1.29, 1.82) is 5.26 Å². The maximum atomic E-state index is 12.2. The fourth-order valence-corrected chi connectivity index (χ4v) is 2.93. The number of hydrogen-bond acceptors (Lipinski definition) is 4. The lowest BCUT2D eigenvalue weighted by atomic mass is 10.2. The maximum Gasteiger partial charge on any atom is 0.144 e. The number of hydrogen-bond donors (Lipinski definition) is 1. The molecule has 1 heterocycles. The third kappa shape index (κ3) is 3.11. The first-order valence-corrected chi connectivity index (χ1v) is 7.09. The molecule has 0 radical (unpaired) electrons. The van der Waals surface area contributed by atoms with Gasteiger partial charge in [-0.2, -0.15) is 5.26 Å². The van der Waals surface area contributed by atoms with Crippen LogP contribution in [0.3, 0.4) is 0 Å². The van der Waals surface area contributed by atoms with Crippen LogP contribution in [0.1, 0.15) is 11.3 Å². The average Bonchev–Trinajstić information content (AvgIpc) is 2.42. The molecule has 1 atom stereocenters. The van der Waals surface area contributed by atoms with Crippen molar-refractivity contribution in [3.8, 4) is 6.07 Å². The minimum atomic E-state index is -1.30. The Bertz CT molecular complexity index is 682. The van der Waals surface area contributed by atoms with E-state index in [2.05, 4.69) is 4.98 Å². The highest BCUT2D eigenvalue weighted by Gasteiger charge is 2.10. The molecule has 19 heavy (non-hydrogen) atoms. The molecular formula is C13H10ClN3OS. The second-order valence-corrected chi connectivity index (χ2v) is 5.65. The number of nitrogen functional groups attached to an aromatic ring is 1. The predicted octanol–water partition coefficient (Wildman–Crippen LogP) is 2.50. The molecule has 2 aromatic rings. The van der Waals surface area contributed by atoms with Crippen molar-refractivity contribution < 1.29 is 4.21 Å². The van der Waals surface area contributed by atoms with E-state index in [0.717, 1.165) is 0 Å². The standard InChI is InChI=1S/C13H10ClN3OS/c14-11-6-10(3-4-12(11)16)19(18)8-9-2-1-5-17-13(9)7-15/h1-6H,8,16H2. The molecule has 0 bridgehead atoms. The topological polar surface area (TPSA) is 79.8 Å². The fourth-order valence-electron chi connectivity index (χ4n) is 1.53. The number of halogens is 1.